The number of amides is 2. The molecule has 0 saturated carbocycles. The van der Waals surface area contributed by atoms with Gasteiger partial charge in [0, 0.05) is 37.3 Å². The summed E-state index contributed by atoms with van der Waals surface area (Å²) >= 11 is 0. The number of piperidine rings is 1. The number of anilines is 1. The van der Waals surface area contributed by atoms with Gasteiger partial charge in [-0.15, -0.1) is 0 Å². The molecule has 0 atom stereocenters. The monoisotopic (exact) mass is 429 g/mol. The number of likely N-dealkylation sites (tertiary alicyclic amines) is 1. The van der Waals surface area contributed by atoms with Gasteiger partial charge in [-0.05, 0) is 56.5 Å². The number of nitrogens with one attached hydrogen (secondary N) is 2. The lowest BCUT2D eigenvalue weighted by Crippen LogP contribution is -2.46. The Labute approximate surface area is 177 Å². The summed E-state index contributed by atoms with van der Waals surface area (Å²) < 4.78 is 28.2. The molecule has 1 fully saturated rings. The fourth-order valence-electron chi connectivity index (χ4n) is 3.52. The van der Waals surface area contributed by atoms with Crippen molar-refractivity contribution in [2.75, 3.05) is 17.8 Å². The van der Waals surface area contributed by atoms with Gasteiger partial charge in [-0.25, -0.2) is 8.42 Å². The molecule has 160 valence electrons. The predicted octanol–water partition coefficient (Wildman–Crippen LogP) is 2.84. The molecule has 3 rings (SSSR count). The largest absolute Gasteiger partial charge is 0.353 e. The summed E-state index contributed by atoms with van der Waals surface area (Å²) in [5, 5.41) is 2.88. The van der Waals surface area contributed by atoms with E-state index in [1.54, 1.807) is 30.0 Å². The third-order valence-electron chi connectivity index (χ3n) is 5.24. The second-order valence-electron chi connectivity index (χ2n) is 7.72. The van der Waals surface area contributed by atoms with Crippen molar-refractivity contribution in [2.45, 2.75) is 44.6 Å². The van der Waals surface area contributed by atoms with Crippen LogP contribution in [0.2, 0.25) is 0 Å². The summed E-state index contributed by atoms with van der Waals surface area (Å²) in [7, 11) is -3.82. The van der Waals surface area contributed by atoms with E-state index in [4.69, 9.17) is 0 Å². The summed E-state index contributed by atoms with van der Waals surface area (Å²) in [6.07, 6.45) is 1.36. The van der Waals surface area contributed by atoms with Gasteiger partial charge in [-0.3, -0.25) is 14.3 Å². The van der Waals surface area contributed by atoms with E-state index < -0.39 is 10.0 Å². The number of sulfonamides is 1. The van der Waals surface area contributed by atoms with Crippen molar-refractivity contribution in [1.29, 1.82) is 0 Å². The van der Waals surface area contributed by atoms with Crippen molar-refractivity contribution in [3.8, 4) is 0 Å². The highest BCUT2D eigenvalue weighted by Gasteiger charge is 2.26. The van der Waals surface area contributed by atoms with Crippen LogP contribution in [0.1, 0.15) is 41.3 Å². The molecule has 1 saturated heterocycles. The Kier molecular flexibility index (Phi) is 6.45. The average molecular weight is 430 g/mol. The van der Waals surface area contributed by atoms with Crippen LogP contribution in [-0.4, -0.2) is 44.3 Å². The highest BCUT2D eigenvalue weighted by atomic mass is 32.2. The van der Waals surface area contributed by atoms with E-state index in [9.17, 15) is 18.0 Å². The zero-order valence-electron chi connectivity index (χ0n) is 17.4. The molecular formula is C22H27N3O4S. The van der Waals surface area contributed by atoms with Crippen LogP contribution in [0.4, 0.5) is 5.69 Å². The number of hydrogen-bond acceptors (Lipinski definition) is 4. The minimum absolute atomic E-state index is 0.0464. The van der Waals surface area contributed by atoms with Gasteiger partial charge in [0.25, 0.3) is 15.9 Å². The van der Waals surface area contributed by atoms with E-state index in [0.717, 1.165) is 11.1 Å². The van der Waals surface area contributed by atoms with Crippen LogP contribution >= 0.6 is 0 Å². The van der Waals surface area contributed by atoms with Crippen LogP contribution in [0.15, 0.2) is 47.4 Å². The molecule has 1 aliphatic rings. The summed E-state index contributed by atoms with van der Waals surface area (Å²) in [5.74, 6) is -0.268. The smallest absolute Gasteiger partial charge is 0.261 e. The molecule has 1 aliphatic heterocycles. The van der Waals surface area contributed by atoms with Crippen LogP contribution in [0.3, 0.4) is 0 Å². The van der Waals surface area contributed by atoms with E-state index in [-0.39, 0.29) is 22.8 Å². The van der Waals surface area contributed by atoms with E-state index in [1.807, 2.05) is 19.1 Å². The lowest BCUT2D eigenvalue weighted by Gasteiger charge is -2.32. The van der Waals surface area contributed by atoms with E-state index in [1.165, 1.54) is 19.1 Å². The highest BCUT2D eigenvalue weighted by molar-refractivity contribution is 7.92. The summed E-state index contributed by atoms with van der Waals surface area (Å²) in [6.45, 7) is 6.23. The maximum atomic E-state index is 13.0. The van der Waals surface area contributed by atoms with Gasteiger partial charge in [0.05, 0.1) is 4.90 Å². The Morgan fingerprint density at radius 3 is 2.23 bits per heavy atom. The first-order chi connectivity index (χ1) is 14.2. The summed E-state index contributed by atoms with van der Waals surface area (Å²) in [4.78, 5) is 26.0. The van der Waals surface area contributed by atoms with Gasteiger partial charge in [0.2, 0.25) is 5.91 Å². The predicted molar refractivity (Wildman–Crippen MR) is 116 cm³/mol. The topological polar surface area (TPSA) is 95.6 Å². The first-order valence-corrected chi connectivity index (χ1v) is 11.4. The normalized spacial score (nSPS) is 15.0. The number of rotatable bonds is 5. The SMILES string of the molecule is CC(=O)NC1CCN(C(=O)c2cc(S(=O)(=O)Nc3ccc(C)cc3)ccc2C)CC1. The van der Waals surface area contributed by atoms with Crippen molar-refractivity contribution in [2.24, 2.45) is 0 Å². The minimum atomic E-state index is -3.82. The molecule has 0 aliphatic carbocycles. The second kappa shape index (κ2) is 8.87. The maximum Gasteiger partial charge on any atom is 0.261 e. The van der Waals surface area contributed by atoms with Crippen molar-refractivity contribution >= 4 is 27.5 Å². The quantitative estimate of drug-likeness (QED) is 0.764. The summed E-state index contributed by atoms with van der Waals surface area (Å²) in [6, 6.07) is 11.7. The van der Waals surface area contributed by atoms with Gasteiger partial charge in [0.1, 0.15) is 0 Å². The number of aryl methyl sites for hydroxylation is 2. The van der Waals surface area contributed by atoms with Crippen molar-refractivity contribution in [3.63, 3.8) is 0 Å². The third kappa shape index (κ3) is 5.18. The molecule has 2 aromatic rings. The van der Waals surface area contributed by atoms with E-state index in [0.29, 0.717) is 37.2 Å². The number of hydrogen-bond donors (Lipinski definition) is 2. The third-order valence-corrected chi connectivity index (χ3v) is 6.62. The molecule has 0 spiro atoms. The van der Waals surface area contributed by atoms with Crippen LogP contribution in [0, 0.1) is 13.8 Å². The lowest BCUT2D eigenvalue weighted by molar-refractivity contribution is -0.119. The van der Waals surface area contributed by atoms with Gasteiger partial charge < -0.3 is 10.2 Å². The fourth-order valence-corrected chi connectivity index (χ4v) is 4.60. The number of nitrogens with zero attached hydrogens (tertiary/aromatic N) is 1. The van der Waals surface area contributed by atoms with Gasteiger partial charge in [-0.2, -0.15) is 0 Å². The standard InChI is InChI=1S/C22H27N3O4S/c1-15-4-7-19(8-5-15)24-30(28,29)20-9-6-16(2)21(14-20)22(27)25-12-10-18(11-13-25)23-17(3)26/h4-9,14,18,24H,10-13H2,1-3H3,(H,23,26). The molecule has 2 N–H and O–H groups in total. The zero-order valence-corrected chi connectivity index (χ0v) is 18.3. The van der Waals surface area contributed by atoms with Crippen LogP contribution in [0.25, 0.3) is 0 Å². The molecular weight excluding hydrogens is 402 g/mol. The number of benzene rings is 2. The Balaban J connectivity index is 1.77. The zero-order chi connectivity index (χ0) is 21.9. The molecule has 30 heavy (non-hydrogen) atoms. The van der Waals surface area contributed by atoms with Crippen molar-refractivity contribution < 1.29 is 18.0 Å². The van der Waals surface area contributed by atoms with Crippen LogP contribution < -0.4 is 10.0 Å². The molecule has 0 radical (unpaired) electrons. The van der Waals surface area contributed by atoms with E-state index >= 15 is 0 Å². The maximum absolute atomic E-state index is 13.0. The number of carbonyl (C=O) groups excluding carboxylic acids is 2. The van der Waals surface area contributed by atoms with Crippen molar-refractivity contribution in [1.82, 2.24) is 10.2 Å². The van der Waals surface area contributed by atoms with Gasteiger partial charge in [-0.1, -0.05) is 23.8 Å². The van der Waals surface area contributed by atoms with Crippen LogP contribution in [0.5, 0.6) is 0 Å². The average Bonchev–Trinajstić information content (AvgIpc) is 2.69. The molecule has 1 heterocycles. The Morgan fingerprint density at radius 2 is 1.63 bits per heavy atom. The number of carbonyl (C=O) groups is 2. The Bertz CT molecular complexity index is 1040. The Morgan fingerprint density at radius 1 is 1.00 bits per heavy atom. The molecule has 2 amide bonds. The fraction of sp³-hybridized carbons (Fsp3) is 0.364. The van der Waals surface area contributed by atoms with Crippen molar-refractivity contribution in [3.05, 3.63) is 59.2 Å². The first kappa shape index (κ1) is 21.8. The molecule has 2 aromatic carbocycles. The van der Waals surface area contributed by atoms with Crippen LogP contribution in [-0.2, 0) is 14.8 Å². The highest BCUT2D eigenvalue weighted by Crippen LogP contribution is 2.22. The van der Waals surface area contributed by atoms with E-state index in [2.05, 4.69) is 10.0 Å². The van der Waals surface area contributed by atoms with Gasteiger partial charge >= 0.3 is 0 Å². The Hall–Kier alpha value is -2.87. The molecule has 7 nitrogen and oxygen atoms in total. The molecule has 0 bridgehead atoms. The summed E-state index contributed by atoms with van der Waals surface area (Å²) in [5.41, 5.74) is 2.59. The first-order valence-electron chi connectivity index (χ1n) is 9.92. The lowest BCUT2D eigenvalue weighted by atomic mass is 10.0. The minimum Gasteiger partial charge on any atom is -0.353 e. The van der Waals surface area contributed by atoms with Gasteiger partial charge in [0.15, 0.2) is 0 Å². The molecule has 0 unspecified atom stereocenters. The second-order valence-corrected chi connectivity index (χ2v) is 9.40. The molecule has 8 heteroatoms. The molecule has 0 aromatic heterocycles.